The van der Waals surface area contributed by atoms with Crippen molar-refractivity contribution in [1.29, 1.82) is 0 Å². The van der Waals surface area contributed by atoms with Gasteiger partial charge in [-0.25, -0.2) is 13.6 Å². The van der Waals surface area contributed by atoms with Crippen LogP contribution in [0, 0.1) is 18.6 Å². The molecule has 23 heavy (non-hydrogen) atoms. The van der Waals surface area contributed by atoms with Crippen molar-refractivity contribution in [3.05, 3.63) is 64.2 Å². The molecule has 0 aliphatic carbocycles. The fraction of sp³-hybridized carbons (Fsp3) is 0.235. The summed E-state index contributed by atoms with van der Waals surface area (Å²) in [6.07, 6.45) is 0. The van der Waals surface area contributed by atoms with Gasteiger partial charge in [0.25, 0.3) is 0 Å². The van der Waals surface area contributed by atoms with Crippen molar-refractivity contribution in [2.45, 2.75) is 19.9 Å². The van der Waals surface area contributed by atoms with Gasteiger partial charge >= 0.3 is 6.03 Å². The number of urea groups is 1. The van der Waals surface area contributed by atoms with Crippen LogP contribution in [0.15, 0.2) is 36.4 Å². The molecule has 0 saturated carbocycles. The average molecular weight is 339 g/mol. The van der Waals surface area contributed by atoms with Gasteiger partial charge in [-0.1, -0.05) is 23.7 Å². The molecule has 0 saturated heterocycles. The quantitative estimate of drug-likeness (QED) is 0.824. The summed E-state index contributed by atoms with van der Waals surface area (Å²) in [5.74, 6) is -1.85. The first-order valence-corrected chi connectivity index (χ1v) is 7.42. The average Bonchev–Trinajstić information content (AvgIpc) is 2.52. The molecule has 3 nitrogen and oxygen atoms in total. The molecule has 1 atom stereocenters. The zero-order valence-electron chi connectivity index (χ0n) is 13.0. The summed E-state index contributed by atoms with van der Waals surface area (Å²) in [5, 5.41) is 3.28. The maximum absolute atomic E-state index is 13.3. The van der Waals surface area contributed by atoms with Gasteiger partial charge in [-0.15, -0.1) is 0 Å². The number of nitrogens with one attached hydrogen (secondary N) is 1. The molecule has 1 unspecified atom stereocenters. The lowest BCUT2D eigenvalue weighted by Gasteiger charge is -2.25. The van der Waals surface area contributed by atoms with E-state index in [-0.39, 0.29) is 6.03 Å². The zero-order valence-corrected chi connectivity index (χ0v) is 13.8. The van der Waals surface area contributed by atoms with Crippen molar-refractivity contribution in [3.63, 3.8) is 0 Å². The topological polar surface area (TPSA) is 32.3 Å². The van der Waals surface area contributed by atoms with Crippen LogP contribution in [-0.4, -0.2) is 18.0 Å². The van der Waals surface area contributed by atoms with Gasteiger partial charge in [-0.2, -0.15) is 0 Å². The SMILES string of the molecule is Cc1ccc(NC(=O)N(C)C(C)c2ccc(F)c(F)c2)cc1Cl. The molecule has 1 N–H and O–H groups in total. The Bertz CT molecular complexity index is 737. The second-order valence-electron chi connectivity index (χ2n) is 5.35. The predicted molar refractivity (Wildman–Crippen MR) is 87.7 cm³/mol. The number of hydrogen-bond donors (Lipinski definition) is 1. The Morgan fingerprint density at radius 2 is 1.87 bits per heavy atom. The van der Waals surface area contributed by atoms with Crippen LogP contribution in [0.25, 0.3) is 0 Å². The van der Waals surface area contributed by atoms with Gasteiger partial charge < -0.3 is 10.2 Å². The summed E-state index contributed by atoms with van der Waals surface area (Å²) < 4.78 is 26.3. The van der Waals surface area contributed by atoms with E-state index >= 15 is 0 Å². The Labute approximate surface area is 138 Å². The van der Waals surface area contributed by atoms with Gasteiger partial charge in [0.15, 0.2) is 11.6 Å². The van der Waals surface area contributed by atoms with Crippen LogP contribution in [0.4, 0.5) is 19.3 Å². The molecule has 0 radical (unpaired) electrons. The number of carbonyl (C=O) groups excluding carboxylic acids is 1. The molecule has 0 heterocycles. The van der Waals surface area contributed by atoms with E-state index in [9.17, 15) is 13.6 Å². The molecule has 0 fully saturated rings. The van der Waals surface area contributed by atoms with E-state index < -0.39 is 17.7 Å². The minimum atomic E-state index is -0.937. The molecule has 2 aromatic rings. The van der Waals surface area contributed by atoms with Gasteiger partial charge in [0, 0.05) is 17.8 Å². The second-order valence-corrected chi connectivity index (χ2v) is 5.76. The first-order chi connectivity index (χ1) is 10.8. The van der Waals surface area contributed by atoms with Crippen molar-refractivity contribution in [1.82, 2.24) is 4.90 Å². The molecular formula is C17H17ClF2N2O. The zero-order chi connectivity index (χ0) is 17.1. The highest BCUT2D eigenvalue weighted by molar-refractivity contribution is 6.31. The molecule has 2 rings (SSSR count). The Morgan fingerprint density at radius 3 is 2.48 bits per heavy atom. The summed E-state index contributed by atoms with van der Waals surface area (Å²) >= 11 is 6.03. The molecular weight excluding hydrogens is 322 g/mol. The van der Waals surface area contributed by atoms with E-state index in [1.807, 2.05) is 6.92 Å². The Morgan fingerprint density at radius 1 is 1.17 bits per heavy atom. The van der Waals surface area contributed by atoms with Gasteiger partial charge in [0.05, 0.1) is 6.04 Å². The number of amides is 2. The lowest BCUT2D eigenvalue weighted by atomic mass is 10.1. The van der Waals surface area contributed by atoms with Crippen LogP contribution in [0.2, 0.25) is 5.02 Å². The number of aryl methyl sites for hydroxylation is 1. The van der Waals surface area contributed by atoms with Crippen LogP contribution in [0.3, 0.4) is 0 Å². The third kappa shape index (κ3) is 3.99. The number of benzene rings is 2. The maximum Gasteiger partial charge on any atom is 0.322 e. The van der Waals surface area contributed by atoms with Gasteiger partial charge in [0.2, 0.25) is 0 Å². The van der Waals surface area contributed by atoms with E-state index in [1.165, 1.54) is 11.0 Å². The number of hydrogen-bond acceptors (Lipinski definition) is 1. The molecule has 2 amide bonds. The molecule has 0 aromatic heterocycles. The highest BCUT2D eigenvalue weighted by Crippen LogP contribution is 2.23. The molecule has 2 aromatic carbocycles. The summed E-state index contributed by atoms with van der Waals surface area (Å²) in [6.45, 7) is 3.60. The molecule has 6 heteroatoms. The maximum atomic E-state index is 13.3. The van der Waals surface area contributed by atoms with Crippen LogP contribution >= 0.6 is 11.6 Å². The van der Waals surface area contributed by atoms with Crippen molar-refractivity contribution in [2.75, 3.05) is 12.4 Å². The molecule has 0 bridgehead atoms. The highest BCUT2D eigenvalue weighted by atomic mass is 35.5. The number of rotatable bonds is 3. The fourth-order valence-electron chi connectivity index (χ4n) is 2.05. The van der Waals surface area contributed by atoms with Crippen LogP contribution in [0.5, 0.6) is 0 Å². The normalized spacial score (nSPS) is 11.9. The lowest BCUT2D eigenvalue weighted by molar-refractivity contribution is 0.208. The lowest BCUT2D eigenvalue weighted by Crippen LogP contribution is -2.33. The van der Waals surface area contributed by atoms with Crippen LogP contribution < -0.4 is 5.32 Å². The summed E-state index contributed by atoms with van der Waals surface area (Å²) in [5.41, 5.74) is 1.98. The third-order valence-electron chi connectivity index (χ3n) is 3.75. The van der Waals surface area contributed by atoms with E-state index in [0.717, 1.165) is 17.7 Å². The number of halogens is 3. The summed E-state index contributed by atoms with van der Waals surface area (Å²) in [6, 6.07) is 8.00. The number of anilines is 1. The first kappa shape index (κ1) is 17.2. The Kier molecular flexibility index (Phi) is 5.21. The van der Waals surface area contributed by atoms with Gasteiger partial charge in [-0.05, 0) is 49.2 Å². The Hall–Kier alpha value is -2.14. The standard InChI is InChI=1S/C17H17ClF2N2O/c1-10-4-6-13(9-14(10)18)21-17(23)22(3)11(2)12-5-7-15(19)16(20)8-12/h4-9,11H,1-3H3,(H,21,23). The smallest absolute Gasteiger partial charge is 0.321 e. The molecule has 0 aliphatic rings. The summed E-state index contributed by atoms with van der Waals surface area (Å²) in [4.78, 5) is 13.7. The van der Waals surface area contributed by atoms with Crippen LogP contribution in [-0.2, 0) is 0 Å². The van der Waals surface area contributed by atoms with Crippen molar-refractivity contribution < 1.29 is 13.6 Å². The first-order valence-electron chi connectivity index (χ1n) is 7.04. The van der Waals surface area contributed by atoms with E-state index in [4.69, 9.17) is 11.6 Å². The number of carbonyl (C=O) groups is 1. The van der Waals surface area contributed by atoms with E-state index in [1.54, 1.807) is 32.2 Å². The predicted octanol–water partition coefficient (Wildman–Crippen LogP) is 5.15. The molecule has 0 aliphatic heterocycles. The second kappa shape index (κ2) is 6.96. The van der Waals surface area contributed by atoms with Crippen LogP contribution in [0.1, 0.15) is 24.1 Å². The number of nitrogens with zero attached hydrogens (tertiary/aromatic N) is 1. The summed E-state index contributed by atoms with van der Waals surface area (Å²) in [7, 11) is 1.58. The van der Waals surface area contributed by atoms with Gasteiger partial charge in [-0.3, -0.25) is 0 Å². The van der Waals surface area contributed by atoms with E-state index in [0.29, 0.717) is 16.3 Å². The van der Waals surface area contributed by atoms with Crippen molar-refractivity contribution >= 4 is 23.3 Å². The van der Waals surface area contributed by atoms with Crippen molar-refractivity contribution in [3.8, 4) is 0 Å². The third-order valence-corrected chi connectivity index (χ3v) is 4.16. The highest BCUT2D eigenvalue weighted by Gasteiger charge is 2.19. The molecule has 122 valence electrons. The minimum Gasteiger partial charge on any atom is -0.321 e. The van der Waals surface area contributed by atoms with Crippen molar-refractivity contribution in [2.24, 2.45) is 0 Å². The molecule has 0 spiro atoms. The fourth-order valence-corrected chi connectivity index (χ4v) is 2.23. The minimum absolute atomic E-state index is 0.373. The monoisotopic (exact) mass is 338 g/mol. The van der Waals surface area contributed by atoms with Gasteiger partial charge in [0.1, 0.15) is 0 Å². The largest absolute Gasteiger partial charge is 0.322 e. The Balaban J connectivity index is 2.11. The van der Waals surface area contributed by atoms with E-state index in [2.05, 4.69) is 5.32 Å².